The second-order valence-corrected chi connectivity index (χ2v) is 3.84. The van der Waals surface area contributed by atoms with E-state index in [0.717, 1.165) is 11.3 Å². The molecule has 2 rings (SSSR count). The van der Waals surface area contributed by atoms with Crippen molar-refractivity contribution in [1.82, 2.24) is 0 Å². The summed E-state index contributed by atoms with van der Waals surface area (Å²) in [5.41, 5.74) is 1.94. The number of aliphatic imine (C=N–C) groups is 1. The molecule has 0 unspecified atom stereocenters. The van der Waals surface area contributed by atoms with E-state index in [4.69, 9.17) is 9.47 Å². The van der Waals surface area contributed by atoms with Crippen molar-refractivity contribution < 1.29 is 14.3 Å². The first kappa shape index (κ1) is 12.4. The van der Waals surface area contributed by atoms with Gasteiger partial charge in [-0.25, -0.2) is 9.79 Å². The highest BCUT2D eigenvalue weighted by Gasteiger charge is 2.21. The van der Waals surface area contributed by atoms with Crippen LogP contribution in [0.5, 0.6) is 0 Å². The number of hydrogen-bond donors (Lipinski definition) is 0. The number of hydrogen-bond acceptors (Lipinski definition) is 4. The lowest BCUT2D eigenvalue weighted by molar-refractivity contribution is -0.138. The molecule has 1 aromatic rings. The molecule has 1 aromatic carbocycles. The Bertz CT molecular complexity index is 503. The van der Waals surface area contributed by atoms with Crippen LogP contribution < -0.4 is 0 Å². The first-order valence-electron chi connectivity index (χ1n) is 5.86. The number of carbonyl (C=O) groups excluding carboxylic acids is 1. The van der Waals surface area contributed by atoms with Crippen LogP contribution in [0.4, 0.5) is 0 Å². The largest absolute Gasteiger partial charge is 0.489 e. The number of ether oxygens (including phenoxy) is 2. The van der Waals surface area contributed by atoms with Crippen molar-refractivity contribution in [3.05, 3.63) is 47.4 Å². The average molecular weight is 245 g/mol. The van der Waals surface area contributed by atoms with Crippen molar-refractivity contribution >= 4 is 11.7 Å². The summed E-state index contributed by atoms with van der Waals surface area (Å²) >= 11 is 0. The van der Waals surface area contributed by atoms with Gasteiger partial charge in [0.15, 0.2) is 5.70 Å². The van der Waals surface area contributed by atoms with E-state index in [1.54, 1.807) is 13.8 Å². The fourth-order valence-corrected chi connectivity index (χ4v) is 1.66. The highest BCUT2D eigenvalue weighted by atomic mass is 16.5. The summed E-state index contributed by atoms with van der Waals surface area (Å²) in [5, 5.41) is 0. The number of esters is 1. The van der Waals surface area contributed by atoms with E-state index in [9.17, 15) is 4.79 Å². The van der Waals surface area contributed by atoms with Crippen molar-refractivity contribution in [2.24, 2.45) is 4.99 Å². The van der Waals surface area contributed by atoms with Gasteiger partial charge >= 0.3 is 5.97 Å². The predicted octanol–water partition coefficient (Wildman–Crippen LogP) is 2.30. The quantitative estimate of drug-likeness (QED) is 0.768. The van der Waals surface area contributed by atoms with Gasteiger partial charge in [-0.2, -0.15) is 0 Å². The fraction of sp³-hybridized carbons (Fsp3) is 0.286. The zero-order valence-electron chi connectivity index (χ0n) is 10.5. The molecule has 18 heavy (non-hydrogen) atoms. The Hall–Kier alpha value is -2.10. The van der Waals surface area contributed by atoms with Gasteiger partial charge in [-0.3, -0.25) is 0 Å². The zero-order valence-corrected chi connectivity index (χ0v) is 10.5. The minimum Gasteiger partial charge on any atom is -0.489 e. The van der Waals surface area contributed by atoms with Crippen LogP contribution in [0.1, 0.15) is 19.4 Å². The normalized spacial score (nSPS) is 14.9. The van der Waals surface area contributed by atoms with Gasteiger partial charge in [0.2, 0.25) is 0 Å². The van der Waals surface area contributed by atoms with E-state index >= 15 is 0 Å². The molecule has 1 heterocycles. The van der Waals surface area contributed by atoms with Gasteiger partial charge in [0.1, 0.15) is 12.4 Å². The van der Waals surface area contributed by atoms with E-state index in [1.165, 1.54) is 0 Å². The van der Waals surface area contributed by atoms with Crippen molar-refractivity contribution in [1.29, 1.82) is 0 Å². The Kier molecular flexibility index (Phi) is 3.77. The van der Waals surface area contributed by atoms with Crippen molar-refractivity contribution in [2.45, 2.75) is 13.8 Å². The summed E-state index contributed by atoms with van der Waals surface area (Å²) in [7, 11) is 0. The zero-order chi connectivity index (χ0) is 13.0. The lowest BCUT2D eigenvalue weighted by Crippen LogP contribution is -2.20. The molecule has 0 spiro atoms. The van der Waals surface area contributed by atoms with E-state index in [0.29, 0.717) is 19.0 Å². The number of carbonyl (C=O) groups is 1. The van der Waals surface area contributed by atoms with Gasteiger partial charge in [0.25, 0.3) is 0 Å². The Labute approximate surface area is 106 Å². The first-order valence-corrected chi connectivity index (χ1v) is 5.86. The van der Waals surface area contributed by atoms with E-state index in [1.807, 2.05) is 30.3 Å². The van der Waals surface area contributed by atoms with E-state index in [2.05, 4.69) is 4.99 Å². The average Bonchev–Trinajstić information content (AvgIpc) is 2.40. The number of benzene rings is 1. The molecule has 0 saturated carbocycles. The van der Waals surface area contributed by atoms with E-state index < -0.39 is 5.97 Å². The molecule has 1 aliphatic heterocycles. The lowest BCUT2D eigenvalue weighted by atomic mass is 10.1. The number of nitrogens with zero attached hydrogens (tertiary/aromatic N) is 1. The van der Waals surface area contributed by atoms with Crippen LogP contribution in [0.25, 0.3) is 0 Å². The maximum Gasteiger partial charge on any atom is 0.360 e. The van der Waals surface area contributed by atoms with Gasteiger partial charge in [-0.15, -0.1) is 0 Å². The Morgan fingerprint density at radius 3 is 2.78 bits per heavy atom. The smallest absolute Gasteiger partial charge is 0.360 e. The van der Waals surface area contributed by atoms with Crippen LogP contribution in [-0.4, -0.2) is 24.9 Å². The third kappa shape index (κ3) is 2.59. The molecule has 0 radical (unpaired) electrons. The summed E-state index contributed by atoms with van der Waals surface area (Å²) in [6.45, 7) is 4.18. The molecule has 0 fully saturated rings. The predicted molar refractivity (Wildman–Crippen MR) is 68.3 cm³/mol. The highest BCUT2D eigenvalue weighted by molar-refractivity contribution is 6.05. The molecule has 0 amide bonds. The molecule has 0 N–H and O–H groups in total. The van der Waals surface area contributed by atoms with Crippen molar-refractivity contribution in [2.75, 3.05) is 13.2 Å². The number of rotatable bonds is 3. The van der Waals surface area contributed by atoms with Gasteiger partial charge in [0, 0.05) is 0 Å². The summed E-state index contributed by atoms with van der Waals surface area (Å²) in [5.74, 6) is 0.0660. The summed E-state index contributed by atoms with van der Waals surface area (Å²) in [6, 6.07) is 9.65. The Morgan fingerprint density at radius 1 is 1.39 bits per heavy atom. The molecule has 0 saturated heterocycles. The first-order chi connectivity index (χ1) is 8.72. The molecule has 0 atom stereocenters. The van der Waals surface area contributed by atoms with Gasteiger partial charge in [-0.05, 0) is 19.4 Å². The summed E-state index contributed by atoms with van der Waals surface area (Å²) in [4.78, 5) is 16.1. The fourth-order valence-electron chi connectivity index (χ4n) is 1.66. The molecule has 94 valence electrons. The third-order valence-corrected chi connectivity index (χ3v) is 2.58. The monoisotopic (exact) mass is 245 g/mol. The third-order valence-electron chi connectivity index (χ3n) is 2.58. The van der Waals surface area contributed by atoms with Crippen molar-refractivity contribution in [3.8, 4) is 0 Å². The van der Waals surface area contributed by atoms with Gasteiger partial charge in [-0.1, -0.05) is 30.3 Å². The Morgan fingerprint density at radius 2 is 2.11 bits per heavy atom. The lowest BCUT2D eigenvalue weighted by Gasteiger charge is -2.17. The summed E-state index contributed by atoms with van der Waals surface area (Å²) < 4.78 is 10.4. The maximum absolute atomic E-state index is 11.7. The summed E-state index contributed by atoms with van der Waals surface area (Å²) in [6.07, 6.45) is 0. The second kappa shape index (κ2) is 5.49. The minimum atomic E-state index is -0.442. The molecule has 0 bridgehead atoms. The van der Waals surface area contributed by atoms with Crippen LogP contribution in [0, 0.1) is 0 Å². The molecule has 0 aromatic heterocycles. The van der Waals surface area contributed by atoms with Crippen LogP contribution in [-0.2, 0) is 14.3 Å². The molecule has 4 heteroatoms. The molecule has 0 aliphatic carbocycles. The topological polar surface area (TPSA) is 47.9 Å². The van der Waals surface area contributed by atoms with Crippen LogP contribution >= 0.6 is 0 Å². The van der Waals surface area contributed by atoms with Gasteiger partial charge in [0.05, 0.1) is 12.3 Å². The standard InChI is InChI=1S/C14H15NO3/c1-3-17-14(16)13-10(2)18-9-12(15-13)11-7-5-4-6-8-11/h4-8H,3,9H2,1-2H3. The van der Waals surface area contributed by atoms with E-state index in [-0.39, 0.29) is 5.70 Å². The molecule has 1 aliphatic rings. The van der Waals surface area contributed by atoms with Gasteiger partial charge < -0.3 is 9.47 Å². The van der Waals surface area contributed by atoms with Crippen LogP contribution in [0.15, 0.2) is 46.8 Å². The second-order valence-electron chi connectivity index (χ2n) is 3.84. The van der Waals surface area contributed by atoms with Crippen LogP contribution in [0.2, 0.25) is 0 Å². The van der Waals surface area contributed by atoms with Crippen LogP contribution in [0.3, 0.4) is 0 Å². The maximum atomic E-state index is 11.7. The Balaban J connectivity index is 2.30. The molecule has 4 nitrogen and oxygen atoms in total. The number of allylic oxidation sites excluding steroid dienone is 1. The van der Waals surface area contributed by atoms with Crippen molar-refractivity contribution in [3.63, 3.8) is 0 Å². The molecular formula is C14H15NO3. The minimum absolute atomic E-state index is 0.252. The molecular weight excluding hydrogens is 230 g/mol. The highest BCUT2D eigenvalue weighted by Crippen LogP contribution is 2.18. The SMILES string of the molecule is CCOC(=O)C1=C(C)OCC(c2ccccc2)=N1.